The van der Waals surface area contributed by atoms with Gasteiger partial charge < -0.3 is 10.2 Å². The zero-order valence-corrected chi connectivity index (χ0v) is 18.2. The van der Waals surface area contributed by atoms with Gasteiger partial charge in [0, 0.05) is 29.3 Å². The highest BCUT2D eigenvalue weighted by Gasteiger charge is 2.40. The van der Waals surface area contributed by atoms with Crippen LogP contribution >= 0.6 is 11.3 Å². The van der Waals surface area contributed by atoms with Crippen LogP contribution in [0.25, 0.3) is 0 Å². The molecule has 1 N–H and O–H groups in total. The molecule has 0 spiro atoms. The molecule has 4 heteroatoms. The Morgan fingerprint density at radius 3 is 2.70 bits per heavy atom. The molecule has 1 aliphatic carbocycles. The summed E-state index contributed by atoms with van der Waals surface area (Å²) in [7, 11) is 1.88. The maximum absolute atomic E-state index is 13.4. The zero-order chi connectivity index (χ0) is 20.7. The van der Waals surface area contributed by atoms with E-state index in [1.165, 1.54) is 15.3 Å². The average molecular weight is 415 g/mol. The lowest BCUT2D eigenvalue weighted by atomic mass is 9.78. The Kier molecular flexibility index (Phi) is 4.95. The van der Waals surface area contributed by atoms with E-state index in [1.807, 2.05) is 53.6 Å². The molecular weight excluding hydrogens is 388 g/mol. The number of carbonyl (C=O) groups is 1. The van der Waals surface area contributed by atoms with Crippen LogP contribution in [0.2, 0.25) is 0 Å². The maximum atomic E-state index is 13.4. The second-order valence-corrected chi connectivity index (χ2v) is 9.66. The van der Waals surface area contributed by atoms with Crippen molar-refractivity contribution in [3.05, 3.63) is 99.3 Å². The first-order valence-corrected chi connectivity index (χ1v) is 11.4. The number of nitrogens with zero attached hydrogens (tertiary/aromatic N) is 1. The van der Waals surface area contributed by atoms with Gasteiger partial charge >= 0.3 is 0 Å². The van der Waals surface area contributed by atoms with Gasteiger partial charge in [-0.1, -0.05) is 54.6 Å². The lowest BCUT2D eigenvalue weighted by Gasteiger charge is -2.38. The summed E-state index contributed by atoms with van der Waals surface area (Å²) in [4.78, 5) is 17.9. The van der Waals surface area contributed by atoms with Crippen LogP contribution in [0.4, 0.5) is 5.69 Å². The molecule has 2 aliphatic rings. The third-order valence-corrected chi connectivity index (χ3v) is 7.39. The predicted molar refractivity (Wildman–Crippen MR) is 124 cm³/mol. The number of fused-ring (bicyclic) bond motifs is 3. The Morgan fingerprint density at radius 2 is 1.93 bits per heavy atom. The smallest absolute Gasteiger partial charge is 0.256 e. The summed E-state index contributed by atoms with van der Waals surface area (Å²) in [6.07, 6.45) is 5.71. The van der Waals surface area contributed by atoms with Crippen LogP contribution in [0.1, 0.15) is 49.6 Å². The Balaban J connectivity index is 1.50. The van der Waals surface area contributed by atoms with Crippen molar-refractivity contribution in [2.24, 2.45) is 5.92 Å². The quantitative estimate of drug-likeness (QED) is 0.519. The van der Waals surface area contributed by atoms with Gasteiger partial charge in [-0.2, -0.15) is 0 Å². The van der Waals surface area contributed by atoms with Crippen LogP contribution < -0.4 is 5.32 Å². The van der Waals surface area contributed by atoms with Gasteiger partial charge in [-0.15, -0.1) is 11.3 Å². The monoisotopic (exact) mass is 414 g/mol. The molecule has 152 valence electrons. The van der Waals surface area contributed by atoms with E-state index in [2.05, 4.69) is 54.7 Å². The van der Waals surface area contributed by atoms with Gasteiger partial charge in [0.05, 0.1) is 17.3 Å². The fourth-order valence-electron chi connectivity index (χ4n) is 4.84. The first-order valence-electron chi connectivity index (χ1n) is 10.5. The Labute approximate surface area is 182 Å². The SMILES string of the molecule is Cc1ccc(C2Nc3c(C(=O)N(C)Cc4ccccc4)cccc3C3C=CCC32)s1. The van der Waals surface area contributed by atoms with Gasteiger partial charge in [-0.05, 0) is 48.6 Å². The van der Waals surface area contributed by atoms with E-state index in [-0.39, 0.29) is 11.9 Å². The number of allylic oxidation sites excluding steroid dienone is 2. The molecule has 0 bridgehead atoms. The highest BCUT2D eigenvalue weighted by atomic mass is 32.1. The number of benzene rings is 2. The minimum Gasteiger partial charge on any atom is -0.376 e. The molecule has 0 saturated heterocycles. The Morgan fingerprint density at radius 1 is 1.10 bits per heavy atom. The van der Waals surface area contributed by atoms with E-state index >= 15 is 0 Å². The number of hydrogen-bond acceptors (Lipinski definition) is 3. The second kappa shape index (κ2) is 7.77. The molecule has 1 aliphatic heterocycles. The van der Waals surface area contributed by atoms with Crippen molar-refractivity contribution in [2.75, 3.05) is 12.4 Å². The van der Waals surface area contributed by atoms with E-state index < -0.39 is 0 Å². The molecule has 2 aromatic carbocycles. The second-order valence-electron chi connectivity index (χ2n) is 8.34. The van der Waals surface area contributed by atoms with E-state index in [9.17, 15) is 4.79 Å². The van der Waals surface area contributed by atoms with E-state index in [1.54, 1.807) is 0 Å². The number of hydrogen-bond donors (Lipinski definition) is 1. The van der Waals surface area contributed by atoms with Crippen molar-refractivity contribution < 1.29 is 4.79 Å². The molecule has 30 heavy (non-hydrogen) atoms. The summed E-state index contributed by atoms with van der Waals surface area (Å²) < 4.78 is 0. The number of anilines is 1. The zero-order valence-electron chi connectivity index (χ0n) is 17.3. The molecule has 2 heterocycles. The van der Waals surface area contributed by atoms with E-state index in [0.717, 1.165) is 23.2 Å². The summed E-state index contributed by atoms with van der Waals surface area (Å²) in [5.41, 5.74) is 4.16. The average Bonchev–Trinajstić information content (AvgIpc) is 3.42. The minimum absolute atomic E-state index is 0.0599. The minimum atomic E-state index is 0.0599. The lowest BCUT2D eigenvalue weighted by Crippen LogP contribution is -2.32. The molecule has 3 unspecified atom stereocenters. The first kappa shape index (κ1) is 19.1. The number of thiophene rings is 1. The van der Waals surface area contributed by atoms with Crippen molar-refractivity contribution in [3.8, 4) is 0 Å². The number of nitrogens with one attached hydrogen (secondary N) is 1. The molecule has 1 aromatic heterocycles. The molecule has 1 amide bonds. The number of rotatable bonds is 4. The number of carbonyl (C=O) groups excluding carboxylic acids is 1. The standard InChI is InChI=1S/C26H26N2OS/c1-17-14-15-23(30-17)25-21-12-6-10-19(21)20-11-7-13-22(24(20)27-25)26(29)28(2)16-18-8-4-3-5-9-18/h3-11,13-15,19,21,25,27H,12,16H2,1-2H3. The highest BCUT2D eigenvalue weighted by Crippen LogP contribution is 2.51. The van der Waals surface area contributed by atoms with Gasteiger partial charge in [0.15, 0.2) is 0 Å². The lowest BCUT2D eigenvalue weighted by molar-refractivity contribution is 0.0785. The number of aryl methyl sites for hydroxylation is 1. The largest absolute Gasteiger partial charge is 0.376 e. The third-order valence-electron chi connectivity index (χ3n) is 6.30. The van der Waals surface area contributed by atoms with Crippen molar-refractivity contribution in [3.63, 3.8) is 0 Å². The predicted octanol–water partition coefficient (Wildman–Crippen LogP) is 6.16. The molecule has 0 saturated carbocycles. The van der Waals surface area contributed by atoms with Gasteiger partial charge in [-0.3, -0.25) is 4.79 Å². The maximum Gasteiger partial charge on any atom is 0.256 e. The van der Waals surface area contributed by atoms with Crippen molar-refractivity contribution in [2.45, 2.75) is 31.8 Å². The van der Waals surface area contributed by atoms with Crippen molar-refractivity contribution in [1.29, 1.82) is 0 Å². The summed E-state index contributed by atoms with van der Waals surface area (Å²) in [5.74, 6) is 0.925. The molecule has 3 aromatic rings. The van der Waals surface area contributed by atoms with Crippen molar-refractivity contribution in [1.82, 2.24) is 4.90 Å². The fraction of sp³-hybridized carbons (Fsp3) is 0.269. The molecular formula is C26H26N2OS. The molecule has 0 radical (unpaired) electrons. The van der Waals surface area contributed by atoms with Gasteiger partial charge in [0.1, 0.15) is 0 Å². The van der Waals surface area contributed by atoms with Crippen LogP contribution in [-0.2, 0) is 6.54 Å². The molecule has 3 atom stereocenters. The van der Waals surface area contributed by atoms with Crippen LogP contribution in [-0.4, -0.2) is 17.9 Å². The van der Waals surface area contributed by atoms with Crippen LogP contribution in [0.3, 0.4) is 0 Å². The summed E-state index contributed by atoms with van der Waals surface area (Å²) in [5, 5.41) is 3.79. The molecule has 5 rings (SSSR count). The molecule has 3 nitrogen and oxygen atoms in total. The van der Waals surface area contributed by atoms with Crippen LogP contribution in [0.15, 0.2) is 72.8 Å². The van der Waals surface area contributed by atoms with Gasteiger partial charge in [0.25, 0.3) is 5.91 Å². The number of amides is 1. The van der Waals surface area contributed by atoms with Gasteiger partial charge in [-0.25, -0.2) is 0 Å². The van der Waals surface area contributed by atoms with E-state index in [4.69, 9.17) is 0 Å². The van der Waals surface area contributed by atoms with E-state index in [0.29, 0.717) is 18.4 Å². The van der Waals surface area contributed by atoms with Gasteiger partial charge in [0.2, 0.25) is 0 Å². The summed E-state index contributed by atoms with van der Waals surface area (Å²) in [6.45, 7) is 2.76. The molecule has 0 fully saturated rings. The fourth-order valence-corrected chi connectivity index (χ4v) is 5.84. The topological polar surface area (TPSA) is 32.3 Å². The normalized spacial score (nSPS) is 21.6. The van der Waals surface area contributed by atoms with Crippen LogP contribution in [0, 0.1) is 12.8 Å². The highest BCUT2D eigenvalue weighted by molar-refractivity contribution is 7.12. The Bertz CT molecular complexity index is 1100. The first-order chi connectivity index (χ1) is 14.6. The Hall–Kier alpha value is -2.85. The number of para-hydroxylation sites is 1. The summed E-state index contributed by atoms with van der Waals surface area (Å²) in [6, 6.07) is 21.0. The van der Waals surface area contributed by atoms with Crippen LogP contribution in [0.5, 0.6) is 0 Å². The third kappa shape index (κ3) is 3.35. The van der Waals surface area contributed by atoms with Crippen molar-refractivity contribution >= 4 is 22.9 Å². The summed E-state index contributed by atoms with van der Waals surface area (Å²) >= 11 is 1.85.